The van der Waals surface area contributed by atoms with Crippen molar-refractivity contribution in [1.82, 2.24) is 4.90 Å². The maximum atomic E-state index is 2.34. The second-order valence-corrected chi connectivity index (χ2v) is 5.46. The van der Waals surface area contributed by atoms with Crippen LogP contribution in [0.2, 0.25) is 0 Å². The minimum Gasteiger partial charge on any atom is -0.369 e. The summed E-state index contributed by atoms with van der Waals surface area (Å²) < 4.78 is 0. The summed E-state index contributed by atoms with van der Waals surface area (Å²) in [5.74, 6) is 0. The molecule has 0 bridgehead atoms. The van der Waals surface area contributed by atoms with Crippen LogP contribution in [0.1, 0.15) is 25.0 Å². The first-order chi connectivity index (χ1) is 10.2. The number of nitrogens with zero attached hydrogens (tertiary/aromatic N) is 1. The summed E-state index contributed by atoms with van der Waals surface area (Å²) in [5.41, 5.74) is 3.97. The third-order valence-corrected chi connectivity index (χ3v) is 3.18. The van der Waals surface area contributed by atoms with Crippen molar-refractivity contribution in [3.05, 3.63) is 95.7 Å². The summed E-state index contributed by atoms with van der Waals surface area (Å²) in [6.45, 7) is 6.07. The van der Waals surface area contributed by atoms with E-state index >= 15 is 0 Å². The average Bonchev–Trinajstić information content (AvgIpc) is 2.49. The van der Waals surface area contributed by atoms with Gasteiger partial charge in [-0.3, -0.25) is 0 Å². The highest BCUT2D eigenvalue weighted by Gasteiger charge is 2.02. The molecule has 2 aromatic carbocycles. The van der Waals surface area contributed by atoms with Gasteiger partial charge in [-0.15, -0.1) is 0 Å². The number of rotatable bonds is 6. The molecule has 1 heteroatoms. The number of hydrogen-bond acceptors (Lipinski definition) is 1. The third-order valence-electron chi connectivity index (χ3n) is 3.18. The molecule has 0 spiro atoms. The van der Waals surface area contributed by atoms with Gasteiger partial charge in [-0.2, -0.15) is 0 Å². The molecule has 0 unspecified atom stereocenters. The maximum absolute atomic E-state index is 2.34. The van der Waals surface area contributed by atoms with Crippen LogP contribution in [0.3, 0.4) is 0 Å². The minimum atomic E-state index is 0.919. The van der Waals surface area contributed by atoms with E-state index in [1.165, 1.54) is 16.7 Å². The summed E-state index contributed by atoms with van der Waals surface area (Å²) in [5, 5.41) is 0. The van der Waals surface area contributed by atoms with Crippen LogP contribution in [0.4, 0.5) is 0 Å². The predicted molar refractivity (Wildman–Crippen MR) is 90.7 cm³/mol. The van der Waals surface area contributed by atoms with E-state index in [0.717, 1.165) is 13.1 Å². The van der Waals surface area contributed by atoms with E-state index < -0.39 is 0 Å². The fraction of sp³-hybridized carbons (Fsp3) is 0.200. The molecule has 21 heavy (non-hydrogen) atoms. The second kappa shape index (κ2) is 8.11. The summed E-state index contributed by atoms with van der Waals surface area (Å²) in [6, 6.07) is 21.2. The van der Waals surface area contributed by atoms with Crippen molar-refractivity contribution in [3.63, 3.8) is 0 Å². The van der Waals surface area contributed by atoms with E-state index in [4.69, 9.17) is 0 Å². The molecular formula is C20H23N. The van der Waals surface area contributed by atoms with Gasteiger partial charge >= 0.3 is 0 Å². The van der Waals surface area contributed by atoms with Gasteiger partial charge in [0.05, 0.1) is 0 Å². The van der Waals surface area contributed by atoms with Gasteiger partial charge in [-0.25, -0.2) is 0 Å². The lowest BCUT2D eigenvalue weighted by atomic mass is 10.2. The van der Waals surface area contributed by atoms with Gasteiger partial charge in [0.2, 0.25) is 0 Å². The van der Waals surface area contributed by atoms with Gasteiger partial charge in [-0.05, 0) is 37.3 Å². The monoisotopic (exact) mass is 277 g/mol. The van der Waals surface area contributed by atoms with Crippen molar-refractivity contribution in [3.8, 4) is 0 Å². The summed E-state index contributed by atoms with van der Waals surface area (Å²) in [7, 11) is 0. The quantitative estimate of drug-likeness (QED) is 0.658. The molecule has 0 saturated carbocycles. The number of hydrogen-bond donors (Lipinski definition) is 0. The lowest BCUT2D eigenvalue weighted by Gasteiger charge is -2.20. The molecule has 1 nitrogen and oxygen atoms in total. The Morgan fingerprint density at radius 3 is 1.71 bits per heavy atom. The fourth-order valence-electron chi connectivity index (χ4n) is 2.15. The predicted octanol–water partition coefficient (Wildman–Crippen LogP) is 5.17. The molecular weight excluding hydrogens is 254 g/mol. The van der Waals surface area contributed by atoms with Gasteiger partial charge in [0, 0.05) is 13.1 Å². The van der Waals surface area contributed by atoms with Crippen LogP contribution in [0, 0.1) is 0 Å². The summed E-state index contributed by atoms with van der Waals surface area (Å²) >= 11 is 0. The molecule has 0 heterocycles. The summed E-state index contributed by atoms with van der Waals surface area (Å²) in [6.07, 6.45) is 6.44. The van der Waals surface area contributed by atoms with Crippen molar-refractivity contribution < 1.29 is 0 Å². The standard InChI is InChI=1S/C20H23N/c1-18(2)10-9-15-21(16-19-11-5-3-6-12-19)17-20-13-7-4-8-14-20/h3-15H,16-17H2,1-2H3. The van der Waals surface area contributed by atoms with Gasteiger partial charge in [0.15, 0.2) is 0 Å². The zero-order valence-corrected chi connectivity index (χ0v) is 12.9. The van der Waals surface area contributed by atoms with Crippen LogP contribution in [0.25, 0.3) is 0 Å². The Kier molecular flexibility index (Phi) is 5.83. The molecule has 0 saturated heterocycles. The van der Waals surface area contributed by atoms with Crippen LogP contribution >= 0.6 is 0 Å². The molecule has 0 N–H and O–H groups in total. The SMILES string of the molecule is CC(C)=CC=CN(Cc1ccccc1)Cc1ccccc1. The van der Waals surface area contributed by atoms with Crippen LogP contribution in [-0.2, 0) is 13.1 Å². The molecule has 2 rings (SSSR count). The molecule has 108 valence electrons. The largest absolute Gasteiger partial charge is 0.369 e. The Hall–Kier alpha value is -2.28. The first kappa shape index (κ1) is 15.1. The van der Waals surface area contributed by atoms with Crippen LogP contribution in [0.5, 0.6) is 0 Å². The van der Waals surface area contributed by atoms with E-state index in [-0.39, 0.29) is 0 Å². The molecule has 2 aromatic rings. The Labute approximate surface area is 128 Å². The first-order valence-electron chi connectivity index (χ1n) is 7.37. The Bertz CT molecular complexity index is 536. The maximum Gasteiger partial charge on any atom is 0.0427 e. The average molecular weight is 277 g/mol. The molecule has 0 fully saturated rings. The highest BCUT2D eigenvalue weighted by Crippen LogP contribution is 2.10. The van der Waals surface area contributed by atoms with Crippen molar-refractivity contribution in [2.24, 2.45) is 0 Å². The third kappa shape index (κ3) is 5.70. The van der Waals surface area contributed by atoms with E-state index in [0.29, 0.717) is 0 Å². The van der Waals surface area contributed by atoms with Crippen LogP contribution in [0.15, 0.2) is 84.6 Å². The highest BCUT2D eigenvalue weighted by molar-refractivity contribution is 5.18. The fourth-order valence-corrected chi connectivity index (χ4v) is 2.15. The molecule has 0 atom stereocenters. The smallest absolute Gasteiger partial charge is 0.0427 e. The topological polar surface area (TPSA) is 3.24 Å². The number of allylic oxidation sites excluding steroid dienone is 3. The van der Waals surface area contributed by atoms with E-state index in [2.05, 4.69) is 97.8 Å². The Morgan fingerprint density at radius 1 is 0.810 bits per heavy atom. The van der Waals surface area contributed by atoms with Crippen LogP contribution in [-0.4, -0.2) is 4.90 Å². The van der Waals surface area contributed by atoms with Crippen molar-refractivity contribution in [2.75, 3.05) is 0 Å². The van der Waals surface area contributed by atoms with E-state index in [1.807, 2.05) is 0 Å². The Morgan fingerprint density at radius 2 is 1.29 bits per heavy atom. The van der Waals surface area contributed by atoms with Gasteiger partial charge < -0.3 is 4.90 Å². The number of benzene rings is 2. The van der Waals surface area contributed by atoms with E-state index in [1.54, 1.807) is 0 Å². The summed E-state index contributed by atoms with van der Waals surface area (Å²) in [4.78, 5) is 2.34. The normalized spacial score (nSPS) is 10.6. The first-order valence-corrected chi connectivity index (χ1v) is 7.37. The van der Waals surface area contributed by atoms with E-state index in [9.17, 15) is 0 Å². The van der Waals surface area contributed by atoms with Crippen molar-refractivity contribution in [1.29, 1.82) is 0 Å². The lowest BCUT2D eigenvalue weighted by Crippen LogP contribution is -2.16. The second-order valence-electron chi connectivity index (χ2n) is 5.46. The molecule has 0 aliphatic carbocycles. The zero-order valence-electron chi connectivity index (χ0n) is 12.9. The van der Waals surface area contributed by atoms with Crippen molar-refractivity contribution >= 4 is 0 Å². The lowest BCUT2D eigenvalue weighted by molar-refractivity contribution is 0.362. The minimum absolute atomic E-state index is 0.919. The van der Waals surface area contributed by atoms with Gasteiger partial charge in [0.1, 0.15) is 0 Å². The molecule has 0 amide bonds. The van der Waals surface area contributed by atoms with Crippen LogP contribution < -0.4 is 0 Å². The van der Waals surface area contributed by atoms with Crippen molar-refractivity contribution in [2.45, 2.75) is 26.9 Å². The zero-order chi connectivity index (χ0) is 14.9. The molecule has 0 radical (unpaired) electrons. The molecule has 0 aromatic heterocycles. The highest BCUT2D eigenvalue weighted by atomic mass is 15.1. The van der Waals surface area contributed by atoms with Gasteiger partial charge in [-0.1, -0.05) is 72.3 Å². The molecule has 0 aliphatic rings. The Balaban J connectivity index is 2.10. The van der Waals surface area contributed by atoms with Gasteiger partial charge in [0.25, 0.3) is 0 Å². The molecule has 0 aliphatic heterocycles.